The van der Waals surface area contributed by atoms with Crippen molar-refractivity contribution in [3.63, 3.8) is 0 Å². The normalized spacial score (nSPS) is 11.0. The summed E-state index contributed by atoms with van der Waals surface area (Å²) in [6, 6.07) is 11.8. The van der Waals surface area contributed by atoms with Crippen molar-refractivity contribution in [1.29, 1.82) is 0 Å². The van der Waals surface area contributed by atoms with E-state index >= 15 is 0 Å². The van der Waals surface area contributed by atoms with Crippen molar-refractivity contribution in [1.82, 2.24) is 5.32 Å². The second kappa shape index (κ2) is 7.17. The maximum Gasteiger partial charge on any atom is 0.146 e. The highest BCUT2D eigenvalue weighted by Gasteiger charge is 2.07. The highest BCUT2D eigenvalue weighted by molar-refractivity contribution is 6.32. The van der Waals surface area contributed by atoms with Crippen LogP contribution in [0.2, 0.25) is 10.0 Å². The largest absolute Gasteiger partial charge is 0.456 e. The first-order valence-electron chi connectivity index (χ1n) is 6.91. The maximum atomic E-state index is 6.29. The van der Waals surface area contributed by atoms with Gasteiger partial charge in [-0.3, -0.25) is 0 Å². The summed E-state index contributed by atoms with van der Waals surface area (Å²) in [7, 11) is 0. The van der Waals surface area contributed by atoms with Crippen molar-refractivity contribution < 1.29 is 4.74 Å². The molecule has 0 radical (unpaired) electrons. The van der Waals surface area contributed by atoms with Crippen molar-refractivity contribution >= 4 is 23.2 Å². The third kappa shape index (κ3) is 4.63. The van der Waals surface area contributed by atoms with Gasteiger partial charge in [-0.1, -0.05) is 49.2 Å². The van der Waals surface area contributed by atoms with E-state index in [-0.39, 0.29) is 0 Å². The van der Waals surface area contributed by atoms with Gasteiger partial charge in [0.1, 0.15) is 11.5 Å². The molecule has 0 heterocycles. The van der Waals surface area contributed by atoms with E-state index in [1.165, 1.54) is 0 Å². The van der Waals surface area contributed by atoms with Crippen LogP contribution in [0.3, 0.4) is 0 Å². The third-order valence-electron chi connectivity index (χ3n) is 3.04. The summed E-state index contributed by atoms with van der Waals surface area (Å²) in [6.07, 6.45) is 0. The molecule has 2 aromatic carbocycles. The summed E-state index contributed by atoms with van der Waals surface area (Å²) >= 11 is 12.5. The quantitative estimate of drug-likeness (QED) is 0.774. The number of hydrogen-bond donors (Lipinski definition) is 1. The predicted octanol–water partition coefficient (Wildman–Crippen LogP) is 5.59. The molecule has 0 spiro atoms. The van der Waals surface area contributed by atoms with Crippen LogP contribution in [0.4, 0.5) is 0 Å². The number of nitrogens with one attached hydrogen (secondary N) is 1. The molecule has 21 heavy (non-hydrogen) atoms. The molecule has 0 aliphatic heterocycles. The highest BCUT2D eigenvalue weighted by Crippen LogP contribution is 2.32. The Morgan fingerprint density at radius 2 is 1.81 bits per heavy atom. The minimum Gasteiger partial charge on any atom is -0.456 e. The van der Waals surface area contributed by atoms with Gasteiger partial charge in [-0.15, -0.1) is 0 Å². The zero-order chi connectivity index (χ0) is 15.4. The van der Waals surface area contributed by atoms with E-state index in [9.17, 15) is 0 Å². The Morgan fingerprint density at radius 3 is 2.43 bits per heavy atom. The molecular formula is C17H19Cl2NO. The van der Waals surface area contributed by atoms with Crippen molar-refractivity contribution in [2.75, 3.05) is 0 Å². The van der Waals surface area contributed by atoms with Crippen LogP contribution in [0.15, 0.2) is 36.4 Å². The first-order chi connectivity index (χ1) is 9.95. The molecular weight excluding hydrogens is 305 g/mol. The molecule has 0 atom stereocenters. The van der Waals surface area contributed by atoms with Gasteiger partial charge in [0.2, 0.25) is 0 Å². The van der Waals surface area contributed by atoms with E-state index in [2.05, 4.69) is 19.2 Å². The third-order valence-corrected chi connectivity index (χ3v) is 3.69. The molecule has 0 bridgehead atoms. The maximum absolute atomic E-state index is 6.29. The van der Waals surface area contributed by atoms with Crippen molar-refractivity contribution in [3.05, 3.63) is 57.6 Å². The summed E-state index contributed by atoms with van der Waals surface area (Å²) < 4.78 is 5.79. The van der Waals surface area contributed by atoms with Gasteiger partial charge < -0.3 is 10.1 Å². The van der Waals surface area contributed by atoms with Crippen LogP contribution in [0.1, 0.15) is 25.0 Å². The zero-order valence-electron chi connectivity index (χ0n) is 12.4. The Hall–Kier alpha value is -1.22. The van der Waals surface area contributed by atoms with E-state index < -0.39 is 0 Å². The lowest BCUT2D eigenvalue weighted by Crippen LogP contribution is -2.21. The van der Waals surface area contributed by atoms with Crippen molar-refractivity contribution in [3.8, 4) is 11.5 Å². The molecule has 0 saturated carbocycles. The van der Waals surface area contributed by atoms with E-state index in [4.69, 9.17) is 27.9 Å². The summed E-state index contributed by atoms with van der Waals surface area (Å²) in [5.41, 5.74) is 2.15. The lowest BCUT2D eigenvalue weighted by Gasteiger charge is -2.12. The number of aryl methyl sites for hydroxylation is 1. The molecule has 0 amide bonds. The van der Waals surface area contributed by atoms with Crippen molar-refractivity contribution in [2.24, 2.45) is 0 Å². The average Bonchev–Trinajstić information content (AvgIpc) is 2.41. The lowest BCUT2D eigenvalue weighted by atomic mass is 10.2. The summed E-state index contributed by atoms with van der Waals surface area (Å²) in [5, 5.41) is 4.62. The van der Waals surface area contributed by atoms with E-state index in [1.807, 2.05) is 43.3 Å². The fourth-order valence-corrected chi connectivity index (χ4v) is 2.38. The molecule has 4 heteroatoms. The molecule has 0 fully saturated rings. The summed E-state index contributed by atoms with van der Waals surface area (Å²) in [5.74, 6) is 1.31. The van der Waals surface area contributed by atoms with Crippen LogP contribution in [0.25, 0.3) is 0 Å². The predicted molar refractivity (Wildman–Crippen MR) is 89.7 cm³/mol. The Kier molecular flexibility index (Phi) is 5.51. The summed E-state index contributed by atoms with van der Waals surface area (Å²) in [6.45, 7) is 6.93. The molecule has 0 aliphatic carbocycles. The summed E-state index contributed by atoms with van der Waals surface area (Å²) in [4.78, 5) is 0. The first-order valence-corrected chi connectivity index (χ1v) is 7.67. The molecule has 0 aliphatic rings. The van der Waals surface area contributed by atoms with Crippen LogP contribution in [0.5, 0.6) is 11.5 Å². The average molecular weight is 324 g/mol. The molecule has 1 N–H and O–H groups in total. The zero-order valence-corrected chi connectivity index (χ0v) is 13.9. The number of hydrogen-bond acceptors (Lipinski definition) is 2. The Labute approximate surface area is 136 Å². The Bertz CT molecular complexity index is 626. The molecule has 112 valence electrons. The van der Waals surface area contributed by atoms with E-state index in [1.54, 1.807) is 0 Å². The second-order valence-electron chi connectivity index (χ2n) is 5.32. The van der Waals surface area contributed by atoms with Crippen LogP contribution in [-0.2, 0) is 6.54 Å². The Morgan fingerprint density at radius 1 is 1.05 bits per heavy atom. The number of benzene rings is 2. The Balaban J connectivity index is 2.12. The lowest BCUT2D eigenvalue weighted by molar-refractivity contribution is 0.482. The van der Waals surface area contributed by atoms with E-state index in [0.29, 0.717) is 27.6 Å². The molecule has 0 aromatic heterocycles. The van der Waals surface area contributed by atoms with Crippen LogP contribution >= 0.6 is 23.2 Å². The van der Waals surface area contributed by atoms with Crippen LogP contribution in [0, 0.1) is 6.92 Å². The SMILES string of the molecule is Cc1ccc(Oc2ccc(CNC(C)C)c(Cl)c2)c(Cl)c1. The monoisotopic (exact) mass is 323 g/mol. The molecule has 0 saturated heterocycles. The number of rotatable bonds is 5. The minimum atomic E-state index is 0.420. The highest BCUT2D eigenvalue weighted by atomic mass is 35.5. The van der Waals surface area contributed by atoms with E-state index in [0.717, 1.165) is 17.7 Å². The molecule has 0 unspecified atom stereocenters. The smallest absolute Gasteiger partial charge is 0.146 e. The topological polar surface area (TPSA) is 21.3 Å². The second-order valence-corrected chi connectivity index (χ2v) is 6.14. The first kappa shape index (κ1) is 16.2. The number of ether oxygens (including phenoxy) is 1. The number of halogens is 2. The standard InChI is InChI=1S/C17H19Cl2NO/c1-11(2)20-10-13-5-6-14(9-15(13)18)21-17-7-4-12(3)8-16(17)19/h4-9,11,20H,10H2,1-3H3. The van der Waals surface area contributed by atoms with Gasteiger partial charge in [0, 0.05) is 17.6 Å². The van der Waals surface area contributed by atoms with Crippen LogP contribution < -0.4 is 10.1 Å². The van der Waals surface area contributed by atoms with Gasteiger partial charge >= 0.3 is 0 Å². The molecule has 2 rings (SSSR count). The fourth-order valence-electron chi connectivity index (χ4n) is 1.86. The van der Waals surface area contributed by atoms with Gasteiger partial charge in [-0.2, -0.15) is 0 Å². The molecule has 2 aromatic rings. The van der Waals surface area contributed by atoms with Crippen LogP contribution in [-0.4, -0.2) is 6.04 Å². The minimum absolute atomic E-state index is 0.420. The van der Waals surface area contributed by atoms with Gasteiger partial charge in [0.25, 0.3) is 0 Å². The van der Waals surface area contributed by atoms with Gasteiger partial charge in [-0.25, -0.2) is 0 Å². The van der Waals surface area contributed by atoms with Gasteiger partial charge in [0.05, 0.1) is 5.02 Å². The molecule has 2 nitrogen and oxygen atoms in total. The van der Waals surface area contributed by atoms with Gasteiger partial charge in [-0.05, 0) is 42.3 Å². The fraction of sp³-hybridized carbons (Fsp3) is 0.294. The van der Waals surface area contributed by atoms with Gasteiger partial charge in [0.15, 0.2) is 0 Å². The van der Waals surface area contributed by atoms with Crippen molar-refractivity contribution in [2.45, 2.75) is 33.4 Å².